The Morgan fingerprint density at radius 1 is 1.00 bits per heavy atom. The van der Waals surface area contributed by atoms with Gasteiger partial charge in [-0.1, -0.05) is 24.3 Å². The number of aliphatic imine (C=N–C) groups is 1. The highest BCUT2D eigenvalue weighted by Crippen LogP contribution is 2.21. The molecule has 0 aromatic heterocycles. The van der Waals surface area contributed by atoms with E-state index in [-0.39, 0.29) is 5.75 Å². The average molecular weight is 323 g/mol. The highest BCUT2D eigenvalue weighted by molar-refractivity contribution is 14.1. The summed E-state index contributed by atoms with van der Waals surface area (Å²) in [7, 11) is 0. The summed E-state index contributed by atoms with van der Waals surface area (Å²) < 4.78 is 1.09. The van der Waals surface area contributed by atoms with Gasteiger partial charge in [0.05, 0.1) is 5.69 Å². The molecule has 0 saturated heterocycles. The summed E-state index contributed by atoms with van der Waals surface area (Å²) in [6.45, 7) is 0. The molecule has 1 N–H and O–H groups in total. The summed E-state index contributed by atoms with van der Waals surface area (Å²) in [4.78, 5) is 4.34. The van der Waals surface area contributed by atoms with Crippen LogP contribution in [-0.2, 0) is 0 Å². The molecule has 0 fully saturated rings. The third-order valence-corrected chi connectivity index (χ3v) is 3.04. The third-order valence-electron chi connectivity index (χ3n) is 2.13. The van der Waals surface area contributed by atoms with Crippen molar-refractivity contribution in [1.82, 2.24) is 0 Å². The van der Waals surface area contributed by atoms with Gasteiger partial charge in [-0.3, -0.25) is 4.99 Å². The molecule has 16 heavy (non-hydrogen) atoms. The molecular formula is C13H10INO. The Hall–Kier alpha value is -1.36. The second-order valence-electron chi connectivity index (χ2n) is 3.27. The van der Waals surface area contributed by atoms with Crippen LogP contribution in [0.1, 0.15) is 5.56 Å². The van der Waals surface area contributed by atoms with Crippen LogP contribution in [0.15, 0.2) is 53.5 Å². The Balaban J connectivity index is 2.29. The lowest BCUT2D eigenvalue weighted by atomic mass is 10.2. The van der Waals surface area contributed by atoms with E-state index in [1.54, 1.807) is 18.3 Å². The van der Waals surface area contributed by atoms with Gasteiger partial charge in [0.15, 0.2) is 0 Å². The number of nitrogens with zero attached hydrogens (tertiary/aromatic N) is 1. The number of phenolic OH excluding ortho intramolecular Hbond substituents is 1. The summed E-state index contributed by atoms with van der Waals surface area (Å²) in [5, 5.41) is 9.56. The second-order valence-corrected chi connectivity index (χ2v) is 4.43. The molecule has 0 saturated carbocycles. The maximum absolute atomic E-state index is 9.56. The van der Waals surface area contributed by atoms with Gasteiger partial charge in [-0.05, 0) is 46.9 Å². The Morgan fingerprint density at radius 2 is 1.69 bits per heavy atom. The minimum absolute atomic E-state index is 0.247. The second kappa shape index (κ2) is 5.12. The molecule has 0 spiro atoms. The van der Waals surface area contributed by atoms with Crippen molar-refractivity contribution >= 4 is 34.5 Å². The molecule has 0 amide bonds. The highest BCUT2D eigenvalue weighted by Gasteiger charge is 1.97. The SMILES string of the molecule is Oc1ccccc1C=Nc1ccccc1I. The molecule has 3 heteroatoms. The number of halogens is 1. The van der Waals surface area contributed by atoms with Crippen molar-refractivity contribution in [3.63, 3.8) is 0 Å². The predicted molar refractivity (Wildman–Crippen MR) is 74.5 cm³/mol. The zero-order valence-corrected chi connectivity index (χ0v) is 10.6. The van der Waals surface area contributed by atoms with Crippen LogP contribution in [0, 0.1) is 3.57 Å². The van der Waals surface area contributed by atoms with Crippen LogP contribution in [0.3, 0.4) is 0 Å². The summed E-state index contributed by atoms with van der Waals surface area (Å²) in [6.07, 6.45) is 1.67. The van der Waals surface area contributed by atoms with Crippen molar-refractivity contribution in [2.75, 3.05) is 0 Å². The molecule has 0 aliphatic rings. The van der Waals surface area contributed by atoms with Crippen molar-refractivity contribution in [1.29, 1.82) is 0 Å². The summed E-state index contributed by atoms with van der Waals surface area (Å²) >= 11 is 2.24. The van der Waals surface area contributed by atoms with E-state index in [4.69, 9.17) is 0 Å². The molecule has 80 valence electrons. The molecule has 0 heterocycles. The van der Waals surface area contributed by atoms with Gasteiger partial charge in [-0.2, -0.15) is 0 Å². The number of rotatable bonds is 2. The Kier molecular flexibility index (Phi) is 3.56. The van der Waals surface area contributed by atoms with Crippen LogP contribution in [0.25, 0.3) is 0 Å². The maximum atomic E-state index is 9.56. The fourth-order valence-electron chi connectivity index (χ4n) is 1.29. The summed E-state index contributed by atoms with van der Waals surface area (Å²) in [5.41, 5.74) is 1.63. The zero-order valence-electron chi connectivity index (χ0n) is 8.47. The first-order chi connectivity index (χ1) is 7.77. The number of para-hydroxylation sites is 2. The van der Waals surface area contributed by atoms with Gasteiger partial charge in [0.1, 0.15) is 5.75 Å². The molecule has 2 nitrogen and oxygen atoms in total. The minimum atomic E-state index is 0.247. The van der Waals surface area contributed by atoms with Crippen LogP contribution in [0.5, 0.6) is 5.75 Å². The lowest BCUT2D eigenvalue weighted by molar-refractivity contribution is 0.474. The molecule has 0 atom stereocenters. The topological polar surface area (TPSA) is 32.6 Å². The number of hydrogen-bond acceptors (Lipinski definition) is 2. The molecule has 2 aromatic carbocycles. The van der Waals surface area contributed by atoms with Crippen molar-refractivity contribution in [2.45, 2.75) is 0 Å². The number of benzene rings is 2. The summed E-state index contributed by atoms with van der Waals surface area (Å²) in [5.74, 6) is 0.247. The van der Waals surface area contributed by atoms with E-state index in [9.17, 15) is 5.11 Å². The van der Waals surface area contributed by atoms with Gasteiger partial charge in [-0.25, -0.2) is 0 Å². The predicted octanol–water partition coefficient (Wildman–Crippen LogP) is 3.75. The van der Waals surface area contributed by atoms with Crippen molar-refractivity contribution in [3.05, 3.63) is 57.7 Å². The molecule has 0 bridgehead atoms. The first kappa shape index (κ1) is 11.1. The van der Waals surface area contributed by atoms with Crippen LogP contribution in [0.2, 0.25) is 0 Å². The zero-order chi connectivity index (χ0) is 11.4. The number of hydrogen-bond donors (Lipinski definition) is 1. The quantitative estimate of drug-likeness (QED) is 0.663. The smallest absolute Gasteiger partial charge is 0.124 e. The van der Waals surface area contributed by atoms with E-state index < -0.39 is 0 Å². The van der Waals surface area contributed by atoms with Gasteiger partial charge < -0.3 is 5.11 Å². The van der Waals surface area contributed by atoms with E-state index in [1.807, 2.05) is 36.4 Å². The molecular weight excluding hydrogens is 313 g/mol. The fraction of sp³-hybridized carbons (Fsp3) is 0. The first-order valence-corrected chi connectivity index (χ1v) is 5.92. The van der Waals surface area contributed by atoms with Gasteiger partial charge >= 0.3 is 0 Å². The van der Waals surface area contributed by atoms with E-state index >= 15 is 0 Å². The van der Waals surface area contributed by atoms with Gasteiger partial charge in [0.2, 0.25) is 0 Å². The minimum Gasteiger partial charge on any atom is -0.507 e. The highest BCUT2D eigenvalue weighted by atomic mass is 127. The van der Waals surface area contributed by atoms with Crippen molar-refractivity contribution in [2.24, 2.45) is 4.99 Å². The number of phenols is 1. The average Bonchev–Trinajstić information content (AvgIpc) is 2.30. The molecule has 2 aromatic rings. The first-order valence-electron chi connectivity index (χ1n) is 4.84. The normalized spacial score (nSPS) is 10.8. The molecule has 0 aliphatic heterocycles. The van der Waals surface area contributed by atoms with Crippen LogP contribution in [0.4, 0.5) is 5.69 Å². The molecule has 0 aliphatic carbocycles. The maximum Gasteiger partial charge on any atom is 0.124 e. The van der Waals surface area contributed by atoms with E-state index in [0.717, 1.165) is 14.8 Å². The van der Waals surface area contributed by atoms with Gasteiger partial charge in [-0.15, -0.1) is 0 Å². The standard InChI is InChI=1S/C13H10INO/c14-11-6-2-3-7-12(11)15-9-10-5-1-4-8-13(10)16/h1-9,16H. The lowest BCUT2D eigenvalue weighted by Gasteiger charge is -1.98. The molecule has 0 unspecified atom stereocenters. The fourth-order valence-corrected chi connectivity index (χ4v) is 1.82. The monoisotopic (exact) mass is 323 g/mol. The molecule has 0 radical (unpaired) electrons. The number of aromatic hydroxyl groups is 1. The Bertz CT molecular complexity index is 475. The van der Waals surface area contributed by atoms with Crippen molar-refractivity contribution in [3.8, 4) is 5.75 Å². The van der Waals surface area contributed by atoms with E-state index in [2.05, 4.69) is 27.6 Å². The summed E-state index contributed by atoms with van der Waals surface area (Å²) in [6, 6.07) is 15.0. The van der Waals surface area contributed by atoms with Gasteiger partial charge in [0, 0.05) is 15.3 Å². The Morgan fingerprint density at radius 3 is 2.44 bits per heavy atom. The largest absolute Gasteiger partial charge is 0.507 e. The van der Waals surface area contributed by atoms with E-state index in [0.29, 0.717) is 0 Å². The molecule has 2 rings (SSSR count). The van der Waals surface area contributed by atoms with Crippen LogP contribution < -0.4 is 0 Å². The van der Waals surface area contributed by atoms with Crippen molar-refractivity contribution < 1.29 is 5.11 Å². The van der Waals surface area contributed by atoms with Crippen LogP contribution in [-0.4, -0.2) is 11.3 Å². The van der Waals surface area contributed by atoms with Crippen LogP contribution >= 0.6 is 22.6 Å². The van der Waals surface area contributed by atoms with E-state index in [1.165, 1.54) is 0 Å². The Labute approximate surface area is 108 Å². The third kappa shape index (κ3) is 2.61. The van der Waals surface area contributed by atoms with Gasteiger partial charge in [0.25, 0.3) is 0 Å². The lowest BCUT2D eigenvalue weighted by Crippen LogP contribution is -1.81.